The largest absolute Gasteiger partial charge is 0.313 e. The summed E-state index contributed by atoms with van der Waals surface area (Å²) < 4.78 is 0. The van der Waals surface area contributed by atoms with Gasteiger partial charge in [0, 0.05) is 11.5 Å². The van der Waals surface area contributed by atoms with E-state index in [1.807, 2.05) is 31.2 Å². The first-order valence-electron chi connectivity index (χ1n) is 5.18. The Hall–Kier alpha value is -1.46. The highest BCUT2D eigenvalue weighted by Gasteiger charge is 2.22. The zero-order valence-electron chi connectivity index (χ0n) is 9.46. The van der Waals surface area contributed by atoms with Crippen LogP contribution in [0.4, 0.5) is 0 Å². The lowest BCUT2D eigenvalue weighted by molar-refractivity contribution is -0.492. The number of hydroxylamine groups is 2. The minimum atomic E-state index is -0.583. The van der Waals surface area contributed by atoms with Gasteiger partial charge < -0.3 is 5.21 Å². The Morgan fingerprint density at radius 2 is 2.00 bits per heavy atom. The first-order valence-corrected chi connectivity index (χ1v) is 5.18. The molecule has 1 N–H and O–H groups in total. The Morgan fingerprint density at radius 1 is 1.44 bits per heavy atom. The topological polar surface area (TPSA) is 66.6 Å². The Kier molecular flexibility index (Phi) is 4.39. The van der Waals surface area contributed by atoms with Crippen molar-refractivity contribution in [2.24, 2.45) is 0 Å². The molecular weight excluding hydrogens is 208 g/mol. The Morgan fingerprint density at radius 3 is 2.44 bits per heavy atom. The predicted molar refractivity (Wildman–Crippen MR) is 59.9 cm³/mol. The lowest BCUT2D eigenvalue weighted by Crippen LogP contribution is -2.30. The van der Waals surface area contributed by atoms with Gasteiger partial charge in [0.05, 0.1) is 0 Å². The number of benzene rings is 1. The molecular formula is C11H16N2O3. The van der Waals surface area contributed by atoms with Gasteiger partial charge in [-0.1, -0.05) is 36.8 Å². The zero-order chi connectivity index (χ0) is 12.1. The molecule has 5 heteroatoms. The molecule has 1 atom stereocenters. The van der Waals surface area contributed by atoms with E-state index in [1.54, 1.807) is 6.92 Å². The molecule has 1 unspecified atom stereocenters. The van der Waals surface area contributed by atoms with E-state index in [4.69, 9.17) is 0 Å². The summed E-state index contributed by atoms with van der Waals surface area (Å²) in [6.07, 6.45) is 0. The van der Waals surface area contributed by atoms with Crippen molar-refractivity contribution < 1.29 is 10.1 Å². The molecule has 1 rings (SSSR count). The third-order valence-electron chi connectivity index (χ3n) is 2.47. The van der Waals surface area contributed by atoms with E-state index in [-0.39, 0.29) is 6.54 Å². The van der Waals surface area contributed by atoms with Crippen LogP contribution in [0.2, 0.25) is 0 Å². The fourth-order valence-electron chi connectivity index (χ4n) is 1.52. The molecule has 0 aromatic heterocycles. The van der Waals surface area contributed by atoms with Crippen molar-refractivity contribution in [3.63, 3.8) is 0 Å². The highest BCUT2D eigenvalue weighted by molar-refractivity contribution is 5.24. The summed E-state index contributed by atoms with van der Waals surface area (Å²) >= 11 is 0. The Bertz CT molecular complexity index is 351. The second-order valence-corrected chi connectivity index (χ2v) is 3.70. The zero-order valence-corrected chi connectivity index (χ0v) is 9.46. The minimum absolute atomic E-state index is 0.298. The Balaban J connectivity index is 2.91. The van der Waals surface area contributed by atoms with Crippen LogP contribution >= 0.6 is 0 Å². The molecule has 16 heavy (non-hydrogen) atoms. The predicted octanol–water partition coefficient (Wildman–Crippen LogP) is 2.02. The summed E-state index contributed by atoms with van der Waals surface area (Å²) in [6, 6.07) is 6.79. The monoisotopic (exact) mass is 224 g/mol. The van der Waals surface area contributed by atoms with Crippen LogP contribution in [0.3, 0.4) is 0 Å². The summed E-state index contributed by atoms with van der Waals surface area (Å²) in [5.41, 5.74) is 1.84. The van der Waals surface area contributed by atoms with Gasteiger partial charge >= 0.3 is 0 Å². The highest BCUT2D eigenvalue weighted by Crippen LogP contribution is 2.19. The van der Waals surface area contributed by atoms with Crippen molar-refractivity contribution in [2.75, 3.05) is 13.1 Å². The van der Waals surface area contributed by atoms with Crippen LogP contribution in [0.25, 0.3) is 0 Å². The fraction of sp³-hybridized carbons (Fsp3) is 0.455. The number of hydrogen-bond acceptors (Lipinski definition) is 4. The lowest BCUT2D eigenvalue weighted by Gasteiger charge is -2.21. The molecule has 88 valence electrons. The first kappa shape index (κ1) is 12.6. The molecule has 0 radical (unpaired) electrons. The van der Waals surface area contributed by atoms with Crippen LogP contribution in [0.1, 0.15) is 24.1 Å². The maximum Gasteiger partial charge on any atom is 0.225 e. The van der Waals surface area contributed by atoms with Gasteiger partial charge in [-0.05, 0) is 12.5 Å². The molecule has 0 fully saturated rings. The van der Waals surface area contributed by atoms with Crippen LogP contribution in [0.15, 0.2) is 24.3 Å². The van der Waals surface area contributed by atoms with Gasteiger partial charge in [-0.15, -0.1) is 0 Å². The molecule has 0 saturated carbocycles. The maximum absolute atomic E-state index is 10.5. The number of rotatable bonds is 5. The highest BCUT2D eigenvalue weighted by atomic mass is 16.6. The molecule has 5 nitrogen and oxygen atoms in total. The van der Waals surface area contributed by atoms with E-state index >= 15 is 0 Å². The summed E-state index contributed by atoms with van der Waals surface area (Å²) in [5, 5.41) is 21.1. The molecule has 0 aliphatic heterocycles. The van der Waals surface area contributed by atoms with Gasteiger partial charge in [0.25, 0.3) is 0 Å². The summed E-state index contributed by atoms with van der Waals surface area (Å²) in [6.45, 7) is 3.75. The van der Waals surface area contributed by atoms with Gasteiger partial charge in [-0.2, -0.15) is 5.06 Å². The van der Waals surface area contributed by atoms with Gasteiger partial charge in [-0.3, -0.25) is 10.1 Å². The van der Waals surface area contributed by atoms with E-state index in [1.165, 1.54) is 0 Å². The molecule has 0 aliphatic carbocycles. The summed E-state index contributed by atoms with van der Waals surface area (Å²) in [7, 11) is 0. The van der Waals surface area contributed by atoms with Crippen LogP contribution in [0, 0.1) is 17.0 Å². The number of likely N-dealkylation sites (N-methyl/N-ethyl adjacent to an activating group) is 1. The average Bonchev–Trinajstić information content (AvgIpc) is 2.26. The van der Waals surface area contributed by atoms with E-state index in [9.17, 15) is 15.3 Å². The van der Waals surface area contributed by atoms with Crippen molar-refractivity contribution in [3.05, 3.63) is 45.5 Å². The normalized spacial score (nSPS) is 12.8. The summed E-state index contributed by atoms with van der Waals surface area (Å²) in [4.78, 5) is 10.1. The molecule has 0 spiro atoms. The molecule has 1 aromatic rings. The Labute approximate surface area is 94.4 Å². The molecule has 0 heterocycles. The average molecular weight is 224 g/mol. The minimum Gasteiger partial charge on any atom is -0.313 e. The van der Waals surface area contributed by atoms with Gasteiger partial charge in [0.2, 0.25) is 6.54 Å². The van der Waals surface area contributed by atoms with E-state index in [0.717, 1.165) is 16.2 Å². The number of nitrogens with zero attached hydrogens (tertiary/aromatic N) is 2. The summed E-state index contributed by atoms with van der Waals surface area (Å²) in [5.74, 6) is 0. The standard InChI is InChI=1S/C11H16N2O3/c1-3-12(14)11(8-13(15)16)10-6-4-9(2)5-7-10/h4-7,11,14H,3,8H2,1-2H3. The SMILES string of the molecule is CCN(O)C(C[N+](=O)[O-])c1ccc(C)cc1. The van der Waals surface area contributed by atoms with Crippen molar-refractivity contribution in [1.82, 2.24) is 5.06 Å². The number of aryl methyl sites for hydroxylation is 1. The third-order valence-corrected chi connectivity index (χ3v) is 2.47. The van der Waals surface area contributed by atoms with Gasteiger partial charge in [-0.25, -0.2) is 0 Å². The van der Waals surface area contributed by atoms with E-state index in [2.05, 4.69) is 0 Å². The van der Waals surface area contributed by atoms with E-state index in [0.29, 0.717) is 6.54 Å². The quantitative estimate of drug-likeness (QED) is 0.613. The van der Waals surface area contributed by atoms with Crippen molar-refractivity contribution >= 4 is 0 Å². The van der Waals surface area contributed by atoms with Gasteiger partial charge in [0.15, 0.2) is 0 Å². The molecule has 0 saturated heterocycles. The van der Waals surface area contributed by atoms with Crippen LogP contribution in [0.5, 0.6) is 0 Å². The maximum atomic E-state index is 10.5. The second-order valence-electron chi connectivity index (χ2n) is 3.70. The molecule has 0 aliphatic rings. The number of nitro groups is 1. The van der Waals surface area contributed by atoms with Crippen LogP contribution < -0.4 is 0 Å². The van der Waals surface area contributed by atoms with Crippen molar-refractivity contribution in [1.29, 1.82) is 0 Å². The smallest absolute Gasteiger partial charge is 0.225 e. The van der Waals surface area contributed by atoms with Crippen LogP contribution in [-0.2, 0) is 0 Å². The number of hydrogen-bond donors (Lipinski definition) is 1. The fourth-order valence-corrected chi connectivity index (χ4v) is 1.52. The van der Waals surface area contributed by atoms with Gasteiger partial charge in [0.1, 0.15) is 6.04 Å². The molecule has 0 amide bonds. The van der Waals surface area contributed by atoms with Crippen molar-refractivity contribution in [3.8, 4) is 0 Å². The molecule has 0 bridgehead atoms. The van der Waals surface area contributed by atoms with Crippen molar-refractivity contribution in [2.45, 2.75) is 19.9 Å². The third kappa shape index (κ3) is 3.29. The first-order chi connectivity index (χ1) is 7.54. The lowest BCUT2D eigenvalue weighted by atomic mass is 10.1. The van der Waals surface area contributed by atoms with Crippen LogP contribution in [-0.4, -0.2) is 28.3 Å². The van der Waals surface area contributed by atoms with E-state index < -0.39 is 11.0 Å². The second kappa shape index (κ2) is 5.58. The molecule has 1 aromatic carbocycles.